The van der Waals surface area contributed by atoms with Crippen molar-refractivity contribution in [3.63, 3.8) is 0 Å². The summed E-state index contributed by atoms with van der Waals surface area (Å²) in [5.74, 6) is 0.169. The highest BCUT2D eigenvalue weighted by Gasteiger charge is 2.26. The van der Waals surface area contributed by atoms with Crippen LogP contribution in [0.5, 0.6) is 0 Å². The second-order valence-corrected chi connectivity index (χ2v) is 6.46. The molecule has 1 saturated heterocycles. The Labute approximate surface area is 133 Å². The first-order valence-corrected chi connectivity index (χ1v) is 8.74. The molecule has 6 heteroatoms. The van der Waals surface area contributed by atoms with E-state index in [0.717, 1.165) is 32.2 Å². The molecule has 0 aromatic rings. The topological polar surface area (TPSA) is 87.5 Å². The molecule has 1 unspecified atom stereocenters. The minimum atomic E-state index is -0.0969. The Morgan fingerprint density at radius 2 is 1.86 bits per heavy atom. The smallest absolute Gasteiger partial charge is 0.315 e. The van der Waals surface area contributed by atoms with Crippen LogP contribution in [0.3, 0.4) is 0 Å². The van der Waals surface area contributed by atoms with Gasteiger partial charge in [-0.3, -0.25) is 4.79 Å². The van der Waals surface area contributed by atoms with Crippen molar-refractivity contribution >= 4 is 11.9 Å². The van der Waals surface area contributed by atoms with Crippen molar-refractivity contribution in [2.75, 3.05) is 19.6 Å². The first kappa shape index (κ1) is 17.1. The van der Waals surface area contributed by atoms with Crippen molar-refractivity contribution < 1.29 is 9.59 Å². The van der Waals surface area contributed by atoms with Crippen molar-refractivity contribution in [3.05, 3.63) is 0 Å². The fraction of sp³-hybridized carbons (Fsp3) is 0.875. The van der Waals surface area contributed by atoms with E-state index in [1.165, 1.54) is 19.3 Å². The van der Waals surface area contributed by atoms with Crippen LogP contribution in [0.4, 0.5) is 4.79 Å². The molecule has 0 bridgehead atoms. The van der Waals surface area contributed by atoms with Crippen molar-refractivity contribution in [2.45, 2.75) is 69.9 Å². The largest absolute Gasteiger partial charge is 0.338 e. The molecular weight excluding hydrogens is 280 g/mol. The molecule has 6 nitrogen and oxygen atoms in total. The van der Waals surface area contributed by atoms with Crippen LogP contribution in [0.15, 0.2) is 0 Å². The maximum atomic E-state index is 12.1. The lowest BCUT2D eigenvalue weighted by atomic mass is 9.96. The molecule has 1 saturated carbocycles. The number of nitrogens with one attached hydrogen (secondary N) is 2. The van der Waals surface area contributed by atoms with Gasteiger partial charge in [0.15, 0.2) is 0 Å². The minimum absolute atomic E-state index is 0.0969. The van der Waals surface area contributed by atoms with Crippen LogP contribution in [0.2, 0.25) is 0 Å². The number of hydrogen-bond acceptors (Lipinski definition) is 3. The molecule has 0 aromatic carbocycles. The lowest BCUT2D eigenvalue weighted by molar-refractivity contribution is -0.131. The number of hydrogen-bond donors (Lipinski definition) is 3. The Morgan fingerprint density at radius 3 is 2.59 bits per heavy atom. The summed E-state index contributed by atoms with van der Waals surface area (Å²) in [6.07, 6.45) is 9.10. The first-order chi connectivity index (χ1) is 10.7. The Balaban J connectivity index is 1.56. The van der Waals surface area contributed by atoms with Gasteiger partial charge in [0.05, 0.1) is 0 Å². The van der Waals surface area contributed by atoms with E-state index in [1.807, 2.05) is 4.90 Å². The number of carbonyl (C=O) groups is 2. The van der Waals surface area contributed by atoms with E-state index in [0.29, 0.717) is 32.0 Å². The molecule has 4 N–H and O–H groups in total. The summed E-state index contributed by atoms with van der Waals surface area (Å²) in [7, 11) is 0. The van der Waals surface area contributed by atoms with Crippen LogP contribution in [0.25, 0.3) is 0 Å². The van der Waals surface area contributed by atoms with E-state index in [1.54, 1.807) is 0 Å². The zero-order valence-corrected chi connectivity index (χ0v) is 13.5. The summed E-state index contributed by atoms with van der Waals surface area (Å²) in [5.41, 5.74) is 5.69. The normalized spacial score (nSPS) is 22.6. The zero-order valence-electron chi connectivity index (χ0n) is 13.5. The number of nitrogens with zero attached hydrogens (tertiary/aromatic N) is 1. The van der Waals surface area contributed by atoms with E-state index < -0.39 is 0 Å². The summed E-state index contributed by atoms with van der Waals surface area (Å²) >= 11 is 0. The van der Waals surface area contributed by atoms with Gasteiger partial charge in [0.25, 0.3) is 0 Å². The maximum Gasteiger partial charge on any atom is 0.315 e. The molecule has 22 heavy (non-hydrogen) atoms. The molecule has 2 fully saturated rings. The molecule has 2 aliphatic rings. The third-order valence-electron chi connectivity index (χ3n) is 4.76. The van der Waals surface area contributed by atoms with Crippen LogP contribution in [-0.4, -0.2) is 48.6 Å². The van der Waals surface area contributed by atoms with Crippen molar-refractivity contribution in [3.8, 4) is 0 Å². The van der Waals surface area contributed by atoms with Gasteiger partial charge in [-0.1, -0.05) is 19.3 Å². The SMILES string of the molecule is NCC1CCCN1C(=O)CCCNC(=O)NC1CCCCC1. The minimum Gasteiger partial charge on any atom is -0.338 e. The van der Waals surface area contributed by atoms with E-state index in [4.69, 9.17) is 5.73 Å². The Bertz CT molecular complexity index is 369. The Morgan fingerprint density at radius 1 is 1.09 bits per heavy atom. The second-order valence-electron chi connectivity index (χ2n) is 6.46. The zero-order chi connectivity index (χ0) is 15.8. The number of urea groups is 1. The third kappa shape index (κ3) is 5.16. The number of likely N-dealkylation sites (tertiary alicyclic amines) is 1. The lowest BCUT2D eigenvalue weighted by Crippen LogP contribution is -2.43. The van der Waals surface area contributed by atoms with Crippen LogP contribution < -0.4 is 16.4 Å². The highest BCUT2D eigenvalue weighted by atomic mass is 16.2. The van der Waals surface area contributed by atoms with E-state index >= 15 is 0 Å². The highest BCUT2D eigenvalue weighted by Crippen LogP contribution is 2.18. The van der Waals surface area contributed by atoms with Crippen molar-refractivity contribution in [1.82, 2.24) is 15.5 Å². The fourth-order valence-electron chi connectivity index (χ4n) is 3.48. The quantitative estimate of drug-likeness (QED) is 0.647. The average molecular weight is 310 g/mol. The maximum absolute atomic E-state index is 12.1. The molecule has 1 heterocycles. The van der Waals surface area contributed by atoms with Gasteiger partial charge in [-0.15, -0.1) is 0 Å². The van der Waals surface area contributed by atoms with E-state index in [9.17, 15) is 9.59 Å². The number of nitrogens with two attached hydrogens (primary N) is 1. The predicted molar refractivity (Wildman–Crippen MR) is 86.4 cm³/mol. The highest BCUT2D eigenvalue weighted by molar-refractivity contribution is 5.77. The molecule has 0 spiro atoms. The van der Waals surface area contributed by atoms with Crippen LogP contribution >= 0.6 is 0 Å². The lowest BCUT2D eigenvalue weighted by Gasteiger charge is -2.24. The molecule has 1 atom stereocenters. The van der Waals surface area contributed by atoms with Gasteiger partial charge in [-0.2, -0.15) is 0 Å². The van der Waals surface area contributed by atoms with Crippen LogP contribution in [0.1, 0.15) is 57.8 Å². The van der Waals surface area contributed by atoms with E-state index in [2.05, 4.69) is 10.6 Å². The average Bonchev–Trinajstić information content (AvgIpc) is 3.01. The Kier molecular flexibility index (Phi) is 6.96. The molecular formula is C16H30N4O2. The summed E-state index contributed by atoms with van der Waals surface area (Å²) < 4.78 is 0. The van der Waals surface area contributed by atoms with Gasteiger partial charge in [0, 0.05) is 38.1 Å². The van der Waals surface area contributed by atoms with Gasteiger partial charge >= 0.3 is 6.03 Å². The van der Waals surface area contributed by atoms with Crippen molar-refractivity contribution in [2.24, 2.45) is 5.73 Å². The molecule has 1 aliphatic heterocycles. The second kappa shape index (κ2) is 8.98. The van der Waals surface area contributed by atoms with Crippen LogP contribution in [0, 0.1) is 0 Å². The molecule has 2 rings (SSSR count). The molecule has 1 aliphatic carbocycles. The Hall–Kier alpha value is -1.30. The van der Waals surface area contributed by atoms with Crippen molar-refractivity contribution in [1.29, 1.82) is 0 Å². The number of carbonyl (C=O) groups excluding carboxylic acids is 2. The van der Waals surface area contributed by atoms with Gasteiger partial charge in [0.1, 0.15) is 0 Å². The fourth-order valence-corrected chi connectivity index (χ4v) is 3.48. The predicted octanol–water partition coefficient (Wildman–Crippen LogP) is 1.35. The summed E-state index contributed by atoms with van der Waals surface area (Å²) in [6.45, 7) is 1.93. The van der Waals surface area contributed by atoms with Gasteiger partial charge in [-0.25, -0.2) is 4.79 Å². The molecule has 126 valence electrons. The van der Waals surface area contributed by atoms with Gasteiger partial charge < -0.3 is 21.3 Å². The number of amides is 3. The summed E-state index contributed by atoms with van der Waals surface area (Å²) in [5, 5.41) is 5.87. The summed E-state index contributed by atoms with van der Waals surface area (Å²) in [4.78, 5) is 25.8. The monoisotopic (exact) mass is 310 g/mol. The van der Waals surface area contributed by atoms with Gasteiger partial charge in [-0.05, 0) is 32.1 Å². The molecule has 0 aromatic heterocycles. The van der Waals surface area contributed by atoms with Gasteiger partial charge in [0.2, 0.25) is 5.91 Å². The molecule has 3 amide bonds. The standard InChI is InChI=1S/C16H30N4O2/c17-12-14-8-5-11-20(14)15(21)9-4-10-18-16(22)19-13-6-2-1-3-7-13/h13-14H,1-12,17H2,(H2,18,19,22). The first-order valence-electron chi connectivity index (χ1n) is 8.74. The summed E-state index contributed by atoms with van der Waals surface area (Å²) in [6, 6.07) is 0.445. The van der Waals surface area contributed by atoms with Crippen LogP contribution in [-0.2, 0) is 4.79 Å². The third-order valence-corrected chi connectivity index (χ3v) is 4.76. The number of rotatable bonds is 6. The molecule has 0 radical (unpaired) electrons. The van der Waals surface area contributed by atoms with E-state index in [-0.39, 0.29) is 18.0 Å².